The molecule has 0 atom stereocenters. The van der Waals surface area contributed by atoms with Gasteiger partial charge in [0.15, 0.2) is 0 Å². The van der Waals surface area contributed by atoms with Crippen molar-refractivity contribution in [2.45, 2.75) is 38.4 Å². The van der Waals surface area contributed by atoms with Gasteiger partial charge < -0.3 is 4.74 Å². The quantitative estimate of drug-likeness (QED) is 0.304. The molecule has 0 spiro atoms. The van der Waals surface area contributed by atoms with Crippen LogP contribution in [0.4, 0.5) is 13.2 Å². The van der Waals surface area contributed by atoms with E-state index < -0.39 is 23.5 Å². The second-order valence-corrected chi connectivity index (χ2v) is 7.86. The van der Waals surface area contributed by atoms with Crippen LogP contribution in [-0.2, 0) is 19.8 Å². The highest BCUT2D eigenvalue weighted by Gasteiger charge is 2.33. The third kappa shape index (κ3) is 4.43. The molecule has 170 valence electrons. The van der Waals surface area contributed by atoms with Crippen LogP contribution in [0, 0.1) is 13.8 Å². The number of aryl methyl sites for hydroxylation is 4. The summed E-state index contributed by atoms with van der Waals surface area (Å²) in [4.78, 5) is 26.3. The molecule has 32 heavy (non-hydrogen) atoms. The van der Waals surface area contributed by atoms with Crippen molar-refractivity contribution in [2.75, 3.05) is 6.26 Å². The highest BCUT2D eigenvalue weighted by atomic mass is 32.2. The monoisotopic (exact) mass is 466 g/mol. The molecule has 0 aliphatic rings. The maximum Gasteiger partial charge on any atom is 0.416 e. The van der Waals surface area contributed by atoms with Gasteiger partial charge in [-0.2, -0.15) is 23.4 Å². The fraction of sp³-hybridized carbons (Fsp3) is 0.333. The zero-order valence-electron chi connectivity index (χ0n) is 18.1. The molecule has 0 amide bonds. The molecule has 0 radical (unpaired) electrons. The highest BCUT2D eigenvalue weighted by molar-refractivity contribution is 7.98. The number of carbonyl (C=O) groups excluding carboxylic acids is 2. The fourth-order valence-electron chi connectivity index (χ4n) is 3.30. The van der Waals surface area contributed by atoms with Gasteiger partial charge in [-0.25, -0.2) is 9.48 Å². The maximum absolute atomic E-state index is 13.3. The lowest BCUT2D eigenvalue weighted by Gasteiger charge is -2.12. The molecule has 3 rings (SSSR count). The van der Waals surface area contributed by atoms with Crippen molar-refractivity contribution in [3.8, 4) is 5.88 Å². The molecule has 7 nitrogen and oxygen atoms in total. The number of hydrogen-bond donors (Lipinski definition) is 0. The summed E-state index contributed by atoms with van der Waals surface area (Å²) in [5.74, 6) is -1.40. The smallest absolute Gasteiger partial charge is 0.402 e. The first kappa shape index (κ1) is 23.6. The Morgan fingerprint density at radius 2 is 1.84 bits per heavy atom. The molecule has 0 unspecified atom stereocenters. The molecule has 2 aromatic heterocycles. The third-order valence-electron chi connectivity index (χ3n) is 4.77. The molecule has 0 saturated carbocycles. The van der Waals surface area contributed by atoms with Crippen LogP contribution in [0.25, 0.3) is 0 Å². The molecule has 0 N–H and O–H groups in total. The number of aromatic nitrogens is 4. The average Bonchev–Trinajstić information content (AvgIpc) is 3.24. The van der Waals surface area contributed by atoms with Crippen LogP contribution in [0.2, 0.25) is 0 Å². The predicted molar refractivity (Wildman–Crippen MR) is 112 cm³/mol. The van der Waals surface area contributed by atoms with Crippen LogP contribution >= 0.6 is 11.8 Å². The number of benzene rings is 1. The van der Waals surface area contributed by atoms with E-state index in [1.54, 1.807) is 26.2 Å². The normalized spacial score (nSPS) is 11.6. The van der Waals surface area contributed by atoms with Gasteiger partial charge in [-0.3, -0.25) is 9.48 Å². The first-order chi connectivity index (χ1) is 15.0. The fourth-order valence-corrected chi connectivity index (χ4v) is 3.92. The van der Waals surface area contributed by atoms with Gasteiger partial charge in [-0.15, -0.1) is 11.8 Å². The molecule has 1 aromatic carbocycles. The number of esters is 1. The van der Waals surface area contributed by atoms with Crippen molar-refractivity contribution in [1.29, 1.82) is 0 Å². The SMILES string of the molecule is CCn1nc(C)cc1C(=O)Oc1c(C(=O)c2ccc(C(F)(F)F)cc2SC)c(C)nn1C. The predicted octanol–water partition coefficient (Wildman–Crippen LogP) is 4.44. The molecule has 0 saturated heterocycles. The van der Waals surface area contributed by atoms with Crippen LogP contribution < -0.4 is 4.74 Å². The van der Waals surface area contributed by atoms with E-state index in [1.165, 1.54) is 16.4 Å². The lowest BCUT2D eigenvalue weighted by molar-refractivity contribution is -0.137. The van der Waals surface area contributed by atoms with Crippen LogP contribution in [0.3, 0.4) is 0 Å². The van der Waals surface area contributed by atoms with Gasteiger partial charge in [0.2, 0.25) is 11.7 Å². The Bertz CT molecular complexity index is 1200. The Morgan fingerprint density at radius 1 is 1.16 bits per heavy atom. The third-order valence-corrected chi connectivity index (χ3v) is 5.55. The first-order valence-corrected chi connectivity index (χ1v) is 10.8. The zero-order valence-corrected chi connectivity index (χ0v) is 18.9. The number of hydrogen-bond acceptors (Lipinski definition) is 6. The van der Waals surface area contributed by atoms with E-state index in [0.717, 1.165) is 30.0 Å². The lowest BCUT2D eigenvalue weighted by atomic mass is 10.0. The second-order valence-electron chi connectivity index (χ2n) is 7.01. The van der Waals surface area contributed by atoms with E-state index in [9.17, 15) is 22.8 Å². The largest absolute Gasteiger partial charge is 0.416 e. The number of carbonyl (C=O) groups is 2. The summed E-state index contributed by atoms with van der Waals surface area (Å²) in [6.07, 6.45) is -2.95. The van der Waals surface area contributed by atoms with Gasteiger partial charge in [0.05, 0.1) is 17.0 Å². The lowest BCUT2D eigenvalue weighted by Crippen LogP contribution is -2.18. The van der Waals surface area contributed by atoms with Gasteiger partial charge in [0.1, 0.15) is 11.3 Å². The molecule has 0 bridgehead atoms. The highest BCUT2D eigenvalue weighted by Crippen LogP contribution is 2.35. The van der Waals surface area contributed by atoms with Crippen molar-refractivity contribution < 1.29 is 27.5 Å². The van der Waals surface area contributed by atoms with Crippen LogP contribution in [0.15, 0.2) is 29.2 Å². The number of alkyl halides is 3. The molecule has 0 aliphatic heterocycles. The Labute approximate surface area is 186 Å². The zero-order chi connectivity index (χ0) is 23.8. The number of nitrogens with zero attached hydrogens (tertiary/aromatic N) is 4. The molecule has 0 aliphatic carbocycles. The number of thioether (sulfide) groups is 1. The van der Waals surface area contributed by atoms with Crippen molar-refractivity contribution in [3.63, 3.8) is 0 Å². The van der Waals surface area contributed by atoms with Crippen LogP contribution in [0.5, 0.6) is 5.88 Å². The minimum absolute atomic E-state index is 0.00944. The number of ketones is 1. The topological polar surface area (TPSA) is 79.0 Å². The molecule has 0 fully saturated rings. The van der Waals surface area contributed by atoms with Gasteiger partial charge in [0, 0.05) is 24.1 Å². The first-order valence-electron chi connectivity index (χ1n) is 9.58. The Kier molecular flexibility index (Phi) is 6.49. The van der Waals surface area contributed by atoms with E-state index >= 15 is 0 Å². The molecular formula is C21H21F3N4O3S. The molecule has 3 aromatic rings. The Balaban J connectivity index is 2.03. The van der Waals surface area contributed by atoms with Crippen molar-refractivity contribution >= 4 is 23.5 Å². The van der Waals surface area contributed by atoms with Crippen molar-refractivity contribution in [1.82, 2.24) is 19.6 Å². The maximum atomic E-state index is 13.3. The molecular weight excluding hydrogens is 445 g/mol. The van der Waals surface area contributed by atoms with Crippen molar-refractivity contribution in [3.05, 3.63) is 58.0 Å². The minimum Gasteiger partial charge on any atom is -0.402 e. The van der Waals surface area contributed by atoms with Gasteiger partial charge in [-0.05, 0) is 51.3 Å². The van der Waals surface area contributed by atoms with E-state index in [-0.39, 0.29) is 33.3 Å². The van der Waals surface area contributed by atoms with E-state index in [1.807, 2.05) is 6.92 Å². The summed E-state index contributed by atoms with van der Waals surface area (Å²) < 4.78 is 47.5. The van der Waals surface area contributed by atoms with Crippen LogP contribution in [0.1, 0.15) is 50.3 Å². The van der Waals surface area contributed by atoms with Crippen molar-refractivity contribution in [2.24, 2.45) is 7.05 Å². The molecule has 11 heteroatoms. The number of halogens is 3. The summed E-state index contributed by atoms with van der Waals surface area (Å²) in [6.45, 7) is 5.56. The molecule has 2 heterocycles. The summed E-state index contributed by atoms with van der Waals surface area (Å²) in [6, 6.07) is 4.48. The second kappa shape index (κ2) is 8.81. The number of ether oxygens (including phenoxy) is 1. The summed E-state index contributed by atoms with van der Waals surface area (Å²) in [5, 5.41) is 8.38. The van der Waals surface area contributed by atoms with E-state index in [4.69, 9.17) is 4.74 Å². The standard InChI is InChI=1S/C21H21F3N4O3S/c1-6-28-15(9-11(2)25-28)20(30)31-19-17(12(3)26-27(19)4)18(29)14-8-7-13(21(22,23)24)10-16(14)32-5/h7-10H,6H2,1-5H3. The van der Waals surface area contributed by atoms with Gasteiger partial charge >= 0.3 is 12.1 Å². The van der Waals surface area contributed by atoms with Crippen LogP contribution in [-0.4, -0.2) is 37.6 Å². The van der Waals surface area contributed by atoms with Gasteiger partial charge in [0.25, 0.3) is 0 Å². The average molecular weight is 466 g/mol. The minimum atomic E-state index is -4.53. The summed E-state index contributed by atoms with van der Waals surface area (Å²) >= 11 is 1.02. The van der Waals surface area contributed by atoms with Gasteiger partial charge in [-0.1, -0.05) is 0 Å². The Hall–Kier alpha value is -3.08. The summed E-state index contributed by atoms with van der Waals surface area (Å²) in [5.41, 5.74) is 0.347. The number of rotatable bonds is 6. The van der Waals surface area contributed by atoms with E-state index in [0.29, 0.717) is 12.2 Å². The Morgan fingerprint density at radius 3 is 2.44 bits per heavy atom. The summed E-state index contributed by atoms with van der Waals surface area (Å²) in [7, 11) is 1.51. The van der Waals surface area contributed by atoms with E-state index in [2.05, 4.69) is 10.2 Å².